The molecule has 1 fully saturated rings. The zero-order chi connectivity index (χ0) is 12.4. The first kappa shape index (κ1) is 12.1. The van der Waals surface area contributed by atoms with Crippen LogP contribution >= 0.6 is 0 Å². The highest BCUT2D eigenvalue weighted by molar-refractivity contribution is 5.93. The number of amides is 1. The molecule has 2 rings (SSSR count). The van der Waals surface area contributed by atoms with Gasteiger partial charge in [0.1, 0.15) is 5.69 Å². The number of hydrogen-bond donors (Lipinski definition) is 1. The van der Waals surface area contributed by atoms with Crippen molar-refractivity contribution in [3.05, 3.63) is 23.5 Å². The molecule has 0 aromatic carbocycles. The van der Waals surface area contributed by atoms with Crippen LogP contribution in [0.4, 0.5) is 0 Å². The summed E-state index contributed by atoms with van der Waals surface area (Å²) in [4.78, 5) is 14.0. The van der Waals surface area contributed by atoms with Gasteiger partial charge in [0.15, 0.2) is 0 Å². The van der Waals surface area contributed by atoms with Gasteiger partial charge in [0.05, 0.1) is 19.3 Å². The number of rotatable bonds is 2. The third-order valence-corrected chi connectivity index (χ3v) is 3.22. The topological polar surface area (TPSA) is 54.7 Å². The maximum absolute atomic E-state index is 12.3. The van der Waals surface area contributed by atoms with E-state index in [1.165, 1.54) is 0 Å². The first-order chi connectivity index (χ1) is 8.13. The second-order valence-electron chi connectivity index (χ2n) is 4.35. The molecule has 0 bridgehead atoms. The van der Waals surface area contributed by atoms with Crippen molar-refractivity contribution in [3.63, 3.8) is 0 Å². The van der Waals surface area contributed by atoms with E-state index in [4.69, 9.17) is 9.84 Å². The molecular formula is C12H18N2O3. The van der Waals surface area contributed by atoms with Crippen LogP contribution in [0.1, 0.15) is 16.2 Å². The fourth-order valence-corrected chi connectivity index (χ4v) is 2.00. The molecule has 2 heterocycles. The average Bonchev–Trinajstić information content (AvgIpc) is 2.69. The summed E-state index contributed by atoms with van der Waals surface area (Å²) < 4.78 is 7.21. The van der Waals surface area contributed by atoms with Gasteiger partial charge in [-0.2, -0.15) is 0 Å². The van der Waals surface area contributed by atoms with Gasteiger partial charge in [0.25, 0.3) is 5.91 Å². The molecule has 1 atom stereocenters. The lowest BCUT2D eigenvalue weighted by Gasteiger charge is -2.32. The fraction of sp³-hybridized carbons (Fsp3) is 0.583. The van der Waals surface area contributed by atoms with Crippen LogP contribution in [0.3, 0.4) is 0 Å². The summed E-state index contributed by atoms with van der Waals surface area (Å²) in [6.07, 6.45) is -0.255. The van der Waals surface area contributed by atoms with Crippen molar-refractivity contribution in [2.75, 3.05) is 26.3 Å². The maximum atomic E-state index is 12.3. The van der Waals surface area contributed by atoms with Crippen molar-refractivity contribution in [2.24, 2.45) is 7.05 Å². The molecule has 1 N–H and O–H groups in total. The summed E-state index contributed by atoms with van der Waals surface area (Å²) in [6.45, 7) is 3.45. The Kier molecular flexibility index (Phi) is 3.49. The van der Waals surface area contributed by atoms with Gasteiger partial charge in [0.2, 0.25) is 0 Å². The number of aromatic nitrogens is 1. The average molecular weight is 238 g/mol. The predicted molar refractivity (Wildman–Crippen MR) is 62.9 cm³/mol. The van der Waals surface area contributed by atoms with Crippen LogP contribution < -0.4 is 0 Å². The van der Waals surface area contributed by atoms with Crippen LogP contribution in [0.25, 0.3) is 0 Å². The molecule has 1 unspecified atom stereocenters. The van der Waals surface area contributed by atoms with Crippen LogP contribution in [0.15, 0.2) is 12.1 Å². The van der Waals surface area contributed by atoms with Gasteiger partial charge in [-0.1, -0.05) is 0 Å². The molecule has 0 radical (unpaired) electrons. The van der Waals surface area contributed by atoms with Crippen LogP contribution in [-0.2, 0) is 11.8 Å². The molecule has 0 spiro atoms. The zero-order valence-corrected chi connectivity index (χ0v) is 10.2. The molecular weight excluding hydrogens is 220 g/mol. The third kappa shape index (κ3) is 2.35. The Labute approximate surface area is 101 Å². The van der Waals surface area contributed by atoms with Crippen LogP contribution in [-0.4, -0.2) is 52.9 Å². The summed E-state index contributed by atoms with van der Waals surface area (Å²) in [7, 11) is 1.88. The number of carbonyl (C=O) groups excluding carboxylic acids is 1. The van der Waals surface area contributed by atoms with Gasteiger partial charge < -0.3 is 19.3 Å². The molecule has 17 heavy (non-hydrogen) atoms. The third-order valence-electron chi connectivity index (χ3n) is 3.22. The van der Waals surface area contributed by atoms with E-state index in [0.717, 1.165) is 5.69 Å². The monoisotopic (exact) mass is 238 g/mol. The Morgan fingerprint density at radius 3 is 2.94 bits per heavy atom. The van der Waals surface area contributed by atoms with Gasteiger partial charge in [-0.05, 0) is 19.1 Å². The number of hydrogen-bond acceptors (Lipinski definition) is 3. The Morgan fingerprint density at radius 1 is 1.59 bits per heavy atom. The minimum Gasteiger partial charge on any atom is -0.394 e. The van der Waals surface area contributed by atoms with E-state index in [-0.39, 0.29) is 18.6 Å². The summed E-state index contributed by atoms with van der Waals surface area (Å²) >= 11 is 0. The van der Waals surface area contributed by atoms with Gasteiger partial charge in [-0.25, -0.2) is 0 Å². The van der Waals surface area contributed by atoms with E-state index in [1.807, 2.05) is 30.7 Å². The largest absolute Gasteiger partial charge is 0.394 e. The van der Waals surface area contributed by atoms with Crippen molar-refractivity contribution in [1.82, 2.24) is 9.47 Å². The number of aryl methyl sites for hydroxylation is 1. The molecule has 5 heteroatoms. The summed E-state index contributed by atoms with van der Waals surface area (Å²) in [5.41, 5.74) is 1.74. The second-order valence-corrected chi connectivity index (χ2v) is 4.35. The molecule has 0 saturated carbocycles. The van der Waals surface area contributed by atoms with Crippen molar-refractivity contribution in [1.29, 1.82) is 0 Å². The Bertz CT molecular complexity index is 414. The standard InChI is InChI=1S/C12H18N2O3/c1-9-3-4-11(13(9)2)12(16)14-5-6-17-10(7-14)8-15/h3-4,10,15H,5-8H2,1-2H3. The lowest BCUT2D eigenvalue weighted by atomic mass is 10.2. The normalized spacial score (nSPS) is 20.6. The number of carbonyl (C=O) groups is 1. The van der Waals surface area contributed by atoms with Gasteiger partial charge in [-0.3, -0.25) is 4.79 Å². The SMILES string of the molecule is Cc1ccc(C(=O)N2CCOC(CO)C2)n1C. The molecule has 1 aromatic rings. The number of nitrogens with zero attached hydrogens (tertiary/aromatic N) is 2. The lowest BCUT2D eigenvalue weighted by Crippen LogP contribution is -2.47. The number of ether oxygens (including phenoxy) is 1. The fourth-order valence-electron chi connectivity index (χ4n) is 2.00. The van der Waals surface area contributed by atoms with E-state index < -0.39 is 0 Å². The smallest absolute Gasteiger partial charge is 0.270 e. The van der Waals surface area contributed by atoms with Crippen LogP contribution in [0, 0.1) is 6.92 Å². The molecule has 94 valence electrons. The highest BCUT2D eigenvalue weighted by atomic mass is 16.5. The molecule has 1 amide bonds. The second kappa shape index (κ2) is 4.89. The Hall–Kier alpha value is -1.33. The predicted octanol–water partition coefficient (Wildman–Crippen LogP) is 0.167. The van der Waals surface area contributed by atoms with E-state index in [2.05, 4.69) is 0 Å². The molecule has 5 nitrogen and oxygen atoms in total. The van der Waals surface area contributed by atoms with Crippen molar-refractivity contribution in [3.8, 4) is 0 Å². The molecule has 0 aliphatic carbocycles. The highest BCUT2D eigenvalue weighted by Gasteiger charge is 2.25. The quantitative estimate of drug-likeness (QED) is 0.799. The van der Waals surface area contributed by atoms with E-state index >= 15 is 0 Å². The first-order valence-electron chi connectivity index (χ1n) is 5.77. The molecule has 1 aliphatic heterocycles. The van der Waals surface area contributed by atoms with Gasteiger partial charge in [0, 0.05) is 25.8 Å². The van der Waals surface area contributed by atoms with Gasteiger partial charge >= 0.3 is 0 Å². The molecule has 1 aromatic heterocycles. The lowest BCUT2D eigenvalue weighted by molar-refractivity contribution is -0.0449. The van der Waals surface area contributed by atoms with Crippen LogP contribution in [0.2, 0.25) is 0 Å². The number of aliphatic hydroxyl groups excluding tert-OH is 1. The van der Waals surface area contributed by atoms with E-state index in [9.17, 15) is 4.79 Å². The van der Waals surface area contributed by atoms with Crippen molar-refractivity contribution < 1.29 is 14.6 Å². The Morgan fingerprint density at radius 2 is 2.35 bits per heavy atom. The van der Waals surface area contributed by atoms with Crippen molar-refractivity contribution >= 4 is 5.91 Å². The Balaban J connectivity index is 2.12. The zero-order valence-electron chi connectivity index (χ0n) is 10.2. The highest BCUT2D eigenvalue weighted by Crippen LogP contribution is 2.12. The number of morpholine rings is 1. The molecule has 1 saturated heterocycles. The summed E-state index contributed by atoms with van der Waals surface area (Å²) in [5.74, 6) is 0.00218. The molecule has 1 aliphatic rings. The first-order valence-corrected chi connectivity index (χ1v) is 5.77. The summed E-state index contributed by atoms with van der Waals surface area (Å²) in [6, 6.07) is 3.76. The van der Waals surface area contributed by atoms with Crippen LogP contribution in [0.5, 0.6) is 0 Å². The van der Waals surface area contributed by atoms with E-state index in [0.29, 0.717) is 25.4 Å². The van der Waals surface area contributed by atoms with E-state index in [1.54, 1.807) is 4.90 Å². The van der Waals surface area contributed by atoms with Gasteiger partial charge in [-0.15, -0.1) is 0 Å². The summed E-state index contributed by atoms with van der Waals surface area (Å²) in [5, 5.41) is 9.05. The minimum atomic E-state index is -0.255. The maximum Gasteiger partial charge on any atom is 0.270 e. The number of aliphatic hydroxyl groups is 1. The van der Waals surface area contributed by atoms with Crippen molar-refractivity contribution in [2.45, 2.75) is 13.0 Å². The minimum absolute atomic E-state index is 0.00218.